The number of carbonyl (C=O) groups is 2. The fraction of sp³-hybridized carbons (Fsp3) is 0.630. The van der Waals surface area contributed by atoms with Crippen LogP contribution in [0.5, 0.6) is 0 Å². The summed E-state index contributed by atoms with van der Waals surface area (Å²) in [4.78, 5) is 34.4. The van der Waals surface area contributed by atoms with Crippen LogP contribution in [0.25, 0.3) is 0 Å². The average molecular weight is 511 g/mol. The van der Waals surface area contributed by atoms with Crippen LogP contribution in [0.3, 0.4) is 0 Å². The lowest BCUT2D eigenvalue weighted by molar-refractivity contribution is -0.0120. The number of nitrogens with zero attached hydrogens (tertiary/aromatic N) is 2. The number of carbonyl (C=O) groups excluding carboxylic acids is 2. The van der Waals surface area contributed by atoms with Crippen LogP contribution in [-0.4, -0.2) is 39.7 Å². The standard InChI is InChI=1S/C27H34N4O4S/c1-2-34-26(33)21-14-28-27(35-21)30-22-8-7-20(25(29-22)36-19-5-3-4-6-19)24(32)31-23-17-10-15-9-16(12-17)13-18(23)11-15/h7-8,14-19,23H,2-6,9-13H2,1H3,(H,31,32)(H,28,29,30). The number of oxazole rings is 1. The number of nitrogens with one attached hydrogen (secondary N) is 2. The molecule has 2 aromatic rings. The molecule has 0 saturated heterocycles. The van der Waals surface area contributed by atoms with Gasteiger partial charge < -0.3 is 14.5 Å². The number of thioether (sulfide) groups is 1. The monoisotopic (exact) mass is 510 g/mol. The molecule has 8 nitrogen and oxygen atoms in total. The first-order valence-corrected chi connectivity index (χ1v) is 14.3. The van der Waals surface area contributed by atoms with Gasteiger partial charge in [-0.3, -0.25) is 10.1 Å². The van der Waals surface area contributed by atoms with Crippen molar-refractivity contribution in [3.63, 3.8) is 0 Å². The Labute approximate surface area is 215 Å². The third-order valence-corrected chi connectivity index (χ3v) is 9.77. The van der Waals surface area contributed by atoms with E-state index in [0.717, 1.165) is 29.7 Å². The van der Waals surface area contributed by atoms with Gasteiger partial charge in [0.25, 0.3) is 5.91 Å². The number of rotatable bonds is 8. The van der Waals surface area contributed by atoms with Crippen LogP contribution >= 0.6 is 11.8 Å². The summed E-state index contributed by atoms with van der Waals surface area (Å²) in [5, 5.41) is 7.69. The van der Waals surface area contributed by atoms with Gasteiger partial charge in [-0.25, -0.2) is 14.8 Å². The van der Waals surface area contributed by atoms with E-state index in [1.165, 1.54) is 51.1 Å². The number of esters is 1. The zero-order valence-electron chi connectivity index (χ0n) is 20.7. The Bertz CT molecular complexity index is 1100. The first-order chi connectivity index (χ1) is 17.6. The third-order valence-electron chi connectivity index (χ3n) is 8.43. The Hall–Kier alpha value is -2.55. The lowest BCUT2D eigenvalue weighted by Gasteiger charge is -2.54. The van der Waals surface area contributed by atoms with Crippen molar-refractivity contribution >= 4 is 35.5 Å². The molecule has 5 aliphatic carbocycles. The van der Waals surface area contributed by atoms with Crippen molar-refractivity contribution < 1.29 is 18.7 Å². The summed E-state index contributed by atoms with van der Waals surface area (Å²) in [6, 6.07) is 4.08. The molecule has 5 saturated carbocycles. The molecule has 192 valence electrons. The summed E-state index contributed by atoms with van der Waals surface area (Å²) in [5.74, 6) is 3.01. The highest BCUT2D eigenvalue weighted by molar-refractivity contribution is 7.99. The van der Waals surface area contributed by atoms with Crippen LogP contribution < -0.4 is 10.6 Å². The second-order valence-corrected chi connectivity index (χ2v) is 12.2. The van der Waals surface area contributed by atoms with E-state index in [1.807, 2.05) is 6.07 Å². The smallest absolute Gasteiger partial charge is 0.376 e. The molecule has 7 rings (SSSR count). The molecule has 4 bridgehead atoms. The van der Waals surface area contributed by atoms with Gasteiger partial charge in [-0.1, -0.05) is 12.8 Å². The largest absolute Gasteiger partial charge is 0.460 e. The van der Waals surface area contributed by atoms with Crippen LogP contribution in [0.15, 0.2) is 27.8 Å². The molecule has 2 N–H and O–H groups in total. The van der Waals surface area contributed by atoms with E-state index in [4.69, 9.17) is 14.1 Å². The quantitative estimate of drug-likeness (QED) is 0.443. The number of pyridine rings is 1. The first kappa shape index (κ1) is 23.8. The van der Waals surface area contributed by atoms with Gasteiger partial charge in [0.2, 0.25) is 5.76 Å². The van der Waals surface area contributed by atoms with E-state index in [-0.39, 0.29) is 24.3 Å². The zero-order chi connectivity index (χ0) is 24.6. The zero-order valence-corrected chi connectivity index (χ0v) is 21.5. The van der Waals surface area contributed by atoms with Crippen molar-refractivity contribution in [2.75, 3.05) is 11.9 Å². The minimum Gasteiger partial charge on any atom is -0.460 e. The maximum absolute atomic E-state index is 13.6. The fourth-order valence-electron chi connectivity index (χ4n) is 7.06. The van der Waals surface area contributed by atoms with Crippen molar-refractivity contribution in [1.82, 2.24) is 15.3 Å². The Kier molecular flexibility index (Phi) is 6.67. The van der Waals surface area contributed by atoms with E-state index in [9.17, 15) is 9.59 Å². The number of anilines is 2. The lowest BCUT2D eigenvalue weighted by Crippen LogP contribution is -2.55. The second-order valence-electron chi connectivity index (χ2n) is 10.9. The van der Waals surface area contributed by atoms with Crippen molar-refractivity contribution in [2.24, 2.45) is 23.7 Å². The Morgan fingerprint density at radius 1 is 1.08 bits per heavy atom. The molecule has 0 spiro atoms. The topological polar surface area (TPSA) is 106 Å². The maximum Gasteiger partial charge on any atom is 0.376 e. The van der Waals surface area contributed by atoms with Gasteiger partial charge in [-0.05, 0) is 87.7 Å². The highest BCUT2D eigenvalue weighted by Crippen LogP contribution is 2.53. The molecule has 2 heterocycles. The van der Waals surface area contributed by atoms with E-state index >= 15 is 0 Å². The molecule has 0 atom stereocenters. The van der Waals surface area contributed by atoms with Gasteiger partial charge >= 0.3 is 12.0 Å². The number of aromatic nitrogens is 2. The van der Waals surface area contributed by atoms with Crippen molar-refractivity contribution in [3.05, 3.63) is 29.7 Å². The summed E-state index contributed by atoms with van der Waals surface area (Å²) >= 11 is 1.70. The van der Waals surface area contributed by atoms with Gasteiger partial charge in [-0.2, -0.15) is 0 Å². The number of amides is 1. The number of hydrogen-bond donors (Lipinski definition) is 2. The van der Waals surface area contributed by atoms with Crippen molar-refractivity contribution in [2.45, 2.75) is 81.0 Å². The molecule has 0 aliphatic heterocycles. The molecule has 0 radical (unpaired) electrons. The van der Waals surface area contributed by atoms with Gasteiger partial charge in [-0.15, -0.1) is 11.8 Å². The van der Waals surface area contributed by atoms with Crippen LogP contribution in [0.1, 0.15) is 85.6 Å². The molecular weight excluding hydrogens is 476 g/mol. The maximum atomic E-state index is 13.6. The van der Waals surface area contributed by atoms with Crippen LogP contribution in [0, 0.1) is 23.7 Å². The summed E-state index contributed by atoms with van der Waals surface area (Å²) in [7, 11) is 0. The van der Waals surface area contributed by atoms with Gasteiger partial charge in [0.1, 0.15) is 10.8 Å². The van der Waals surface area contributed by atoms with Gasteiger partial charge in [0, 0.05) is 11.3 Å². The highest BCUT2D eigenvalue weighted by Gasteiger charge is 2.48. The average Bonchev–Trinajstić information content (AvgIpc) is 3.54. The molecule has 0 aromatic carbocycles. The first-order valence-electron chi connectivity index (χ1n) is 13.4. The predicted octanol–water partition coefficient (Wildman–Crippen LogP) is 5.58. The third kappa shape index (κ3) is 4.86. The summed E-state index contributed by atoms with van der Waals surface area (Å²) < 4.78 is 10.4. The van der Waals surface area contributed by atoms with Crippen LogP contribution in [0.2, 0.25) is 0 Å². The van der Waals surface area contributed by atoms with Gasteiger partial charge in [0.15, 0.2) is 0 Å². The predicted molar refractivity (Wildman–Crippen MR) is 136 cm³/mol. The van der Waals surface area contributed by atoms with Crippen molar-refractivity contribution in [3.8, 4) is 0 Å². The SMILES string of the molecule is CCOC(=O)c1cnc(Nc2ccc(C(=O)NC3C4CC5CC(C4)CC3C5)c(SC3CCCC3)n2)o1. The summed E-state index contributed by atoms with van der Waals surface area (Å²) in [6.07, 6.45) is 12.5. The van der Waals surface area contributed by atoms with Crippen molar-refractivity contribution in [1.29, 1.82) is 0 Å². The normalized spacial score (nSPS) is 28.9. The molecule has 1 amide bonds. The second kappa shape index (κ2) is 10.1. The minimum absolute atomic E-state index is 0.00672. The molecule has 0 unspecified atom stereocenters. The Morgan fingerprint density at radius 3 is 2.50 bits per heavy atom. The molecule has 2 aromatic heterocycles. The minimum atomic E-state index is -0.555. The lowest BCUT2D eigenvalue weighted by atomic mass is 9.54. The van der Waals surface area contributed by atoms with E-state index < -0.39 is 5.97 Å². The van der Waals surface area contributed by atoms with E-state index in [1.54, 1.807) is 24.8 Å². The molecular formula is C27H34N4O4S. The molecule has 36 heavy (non-hydrogen) atoms. The number of hydrogen-bond acceptors (Lipinski definition) is 8. The van der Waals surface area contributed by atoms with E-state index in [0.29, 0.717) is 34.5 Å². The molecule has 9 heteroatoms. The van der Waals surface area contributed by atoms with Crippen LogP contribution in [-0.2, 0) is 4.74 Å². The Balaban J connectivity index is 1.20. The molecule has 5 fully saturated rings. The Morgan fingerprint density at radius 2 is 1.81 bits per heavy atom. The molecule has 5 aliphatic rings. The summed E-state index contributed by atoms with van der Waals surface area (Å²) in [6.45, 7) is 2.00. The fourth-order valence-corrected chi connectivity index (χ4v) is 8.39. The van der Waals surface area contributed by atoms with Gasteiger partial charge in [0.05, 0.1) is 18.4 Å². The van der Waals surface area contributed by atoms with E-state index in [2.05, 4.69) is 15.6 Å². The highest BCUT2D eigenvalue weighted by atomic mass is 32.2. The number of ether oxygens (including phenoxy) is 1. The summed E-state index contributed by atoms with van der Waals surface area (Å²) in [5.41, 5.74) is 0.644. The van der Waals surface area contributed by atoms with Crippen LogP contribution in [0.4, 0.5) is 11.8 Å².